The van der Waals surface area contributed by atoms with Crippen molar-refractivity contribution in [1.82, 2.24) is 4.90 Å². The molecule has 0 radical (unpaired) electrons. The third kappa shape index (κ3) is 4.61. The fourth-order valence-electron chi connectivity index (χ4n) is 5.13. The van der Waals surface area contributed by atoms with E-state index in [-0.39, 0.29) is 11.9 Å². The minimum absolute atomic E-state index is 0.00443. The summed E-state index contributed by atoms with van der Waals surface area (Å²) in [6.45, 7) is 5.05. The number of amides is 1. The van der Waals surface area contributed by atoms with E-state index in [1.165, 1.54) is 0 Å². The van der Waals surface area contributed by atoms with Crippen LogP contribution < -0.4 is 14.2 Å². The molecule has 0 spiro atoms. The van der Waals surface area contributed by atoms with Gasteiger partial charge in [-0.3, -0.25) is 4.79 Å². The average Bonchev–Trinajstić information content (AvgIpc) is 2.89. The second kappa shape index (κ2) is 9.94. The molecule has 184 valence electrons. The Bertz CT molecular complexity index is 1410. The minimum Gasteiger partial charge on any atom is -0.493 e. The van der Waals surface area contributed by atoms with Crippen molar-refractivity contribution in [3.05, 3.63) is 101 Å². The van der Waals surface area contributed by atoms with Gasteiger partial charge in [-0.2, -0.15) is 0 Å². The first-order valence-corrected chi connectivity index (χ1v) is 12.2. The van der Waals surface area contributed by atoms with Crippen LogP contribution in [0, 0.1) is 13.8 Å². The molecule has 1 amide bonds. The van der Waals surface area contributed by atoms with Gasteiger partial charge in [0, 0.05) is 12.1 Å². The van der Waals surface area contributed by atoms with Crippen LogP contribution in [-0.4, -0.2) is 38.2 Å². The molecule has 0 saturated carbocycles. The molecule has 36 heavy (non-hydrogen) atoms. The van der Waals surface area contributed by atoms with Crippen molar-refractivity contribution >= 4 is 16.7 Å². The van der Waals surface area contributed by atoms with Crippen LogP contribution in [0.2, 0.25) is 0 Å². The van der Waals surface area contributed by atoms with E-state index in [1.54, 1.807) is 14.2 Å². The molecule has 1 aliphatic heterocycles. The van der Waals surface area contributed by atoms with Gasteiger partial charge in [-0.25, -0.2) is 0 Å². The van der Waals surface area contributed by atoms with Crippen LogP contribution >= 0.6 is 0 Å². The Morgan fingerprint density at radius 2 is 1.56 bits per heavy atom. The molecule has 5 heteroatoms. The van der Waals surface area contributed by atoms with Crippen molar-refractivity contribution < 1.29 is 19.0 Å². The fraction of sp³-hybridized carbons (Fsp3) is 0.258. The summed E-state index contributed by atoms with van der Waals surface area (Å²) in [6.07, 6.45) is 0.731. The van der Waals surface area contributed by atoms with Gasteiger partial charge in [-0.05, 0) is 89.7 Å². The van der Waals surface area contributed by atoms with Crippen LogP contribution in [0.1, 0.15) is 38.7 Å². The van der Waals surface area contributed by atoms with Crippen LogP contribution in [0.4, 0.5) is 0 Å². The zero-order chi connectivity index (χ0) is 25.2. The molecule has 1 aliphatic rings. The summed E-state index contributed by atoms with van der Waals surface area (Å²) in [5.74, 6) is 2.14. The van der Waals surface area contributed by atoms with Crippen LogP contribution in [0.3, 0.4) is 0 Å². The van der Waals surface area contributed by atoms with E-state index in [9.17, 15) is 4.79 Å². The van der Waals surface area contributed by atoms with Crippen molar-refractivity contribution in [3.63, 3.8) is 0 Å². The molecule has 0 N–H and O–H groups in total. The first kappa shape index (κ1) is 23.7. The summed E-state index contributed by atoms with van der Waals surface area (Å²) in [5.41, 5.74) is 5.13. The van der Waals surface area contributed by atoms with Gasteiger partial charge in [0.05, 0.1) is 20.3 Å². The van der Waals surface area contributed by atoms with Gasteiger partial charge in [-0.1, -0.05) is 36.4 Å². The lowest BCUT2D eigenvalue weighted by molar-refractivity contribution is 0.0589. The Labute approximate surface area is 212 Å². The molecule has 5 nitrogen and oxygen atoms in total. The Morgan fingerprint density at radius 3 is 2.28 bits per heavy atom. The number of carbonyl (C=O) groups is 1. The Morgan fingerprint density at radius 1 is 0.861 bits per heavy atom. The number of nitrogens with zero attached hydrogens (tertiary/aromatic N) is 1. The molecule has 1 heterocycles. The van der Waals surface area contributed by atoms with E-state index in [2.05, 4.69) is 26.0 Å². The fourth-order valence-corrected chi connectivity index (χ4v) is 5.13. The first-order chi connectivity index (χ1) is 17.5. The quantitative estimate of drug-likeness (QED) is 0.325. The lowest BCUT2D eigenvalue weighted by atomic mass is 9.91. The smallest absolute Gasteiger partial charge is 0.254 e. The highest BCUT2D eigenvalue weighted by Gasteiger charge is 2.33. The summed E-state index contributed by atoms with van der Waals surface area (Å²) in [7, 11) is 3.27. The van der Waals surface area contributed by atoms with Crippen molar-refractivity contribution in [2.45, 2.75) is 26.3 Å². The monoisotopic (exact) mass is 481 g/mol. The maximum absolute atomic E-state index is 13.9. The number of carbonyl (C=O) groups excluding carboxylic acids is 1. The van der Waals surface area contributed by atoms with Gasteiger partial charge < -0.3 is 19.1 Å². The van der Waals surface area contributed by atoms with Crippen molar-refractivity contribution in [2.75, 3.05) is 27.4 Å². The SMILES string of the molecule is COc1cc2c(cc1OC)[C@H](COc1cc(C)cc(C)c1)N(C(=O)c1ccc3ccccc3c1)CC2. The van der Waals surface area contributed by atoms with Gasteiger partial charge in [0.1, 0.15) is 12.4 Å². The summed E-state index contributed by atoms with van der Waals surface area (Å²) in [4.78, 5) is 15.8. The molecular formula is C31H31NO4. The Hall–Kier alpha value is -3.99. The van der Waals surface area contributed by atoms with Gasteiger partial charge in [0.2, 0.25) is 0 Å². The van der Waals surface area contributed by atoms with Crippen molar-refractivity contribution in [1.29, 1.82) is 0 Å². The van der Waals surface area contributed by atoms with Gasteiger partial charge >= 0.3 is 0 Å². The maximum Gasteiger partial charge on any atom is 0.254 e. The van der Waals surface area contributed by atoms with E-state index >= 15 is 0 Å². The first-order valence-electron chi connectivity index (χ1n) is 12.2. The average molecular weight is 482 g/mol. The minimum atomic E-state index is -0.270. The standard InChI is InChI=1S/C31H31NO4/c1-20-13-21(2)15-26(14-20)36-19-28-27-18-30(35-4)29(34-3)17-24(27)11-12-32(28)31(33)25-10-9-22-7-5-6-8-23(22)16-25/h5-10,13-18,28H,11-12,19H2,1-4H3/t28-/m0/s1. The summed E-state index contributed by atoms with van der Waals surface area (Å²) in [6, 6.07) is 23.9. The van der Waals surface area contributed by atoms with E-state index in [4.69, 9.17) is 14.2 Å². The topological polar surface area (TPSA) is 48.0 Å². The lowest BCUT2D eigenvalue weighted by Gasteiger charge is -2.37. The summed E-state index contributed by atoms with van der Waals surface area (Å²) >= 11 is 0. The van der Waals surface area contributed by atoms with Crippen LogP contribution in [-0.2, 0) is 6.42 Å². The lowest BCUT2D eigenvalue weighted by Crippen LogP contribution is -2.42. The van der Waals surface area contributed by atoms with Crippen LogP contribution in [0.15, 0.2) is 72.8 Å². The molecule has 5 rings (SSSR count). The Balaban J connectivity index is 1.53. The zero-order valence-corrected chi connectivity index (χ0v) is 21.2. The highest BCUT2D eigenvalue weighted by Crippen LogP contribution is 2.39. The van der Waals surface area contributed by atoms with E-state index in [0.29, 0.717) is 30.2 Å². The molecule has 4 aromatic rings. The molecule has 0 aromatic heterocycles. The van der Waals surface area contributed by atoms with Gasteiger partial charge in [-0.15, -0.1) is 0 Å². The normalized spacial score (nSPS) is 14.9. The number of aryl methyl sites for hydroxylation is 2. The number of ether oxygens (including phenoxy) is 3. The van der Waals surface area contributed by atoms with E-state index in [1.807, 2.05) is 65.6 Å². The molecule has 1 atom stereocenters. The predicted molar refractivity (Wildman–Crippen MR) is 142 cm³/mol. The van der Waals surface area contributed by atoms with Gasteiger partial charge in [0.25, 0.3) is 5.91 Å². The molecule has 0 saturated heterocycles. The Kier molecular flexibility index (Phi) is 6.55. The molecular weight excluding hydrogens is 450 g/mol. The number of benzene rings is 4. The number of rotatable bonds is 6. The highest BCUT2D eigenvalue weighted by atomic mass is 16.5. The highest BCUT2D eigenvalue weighted by molar-refractivity contribution is 5.99. The molecule has 0 bridgehead atoms. The van der Waals surface area contributed by atoms with Gasteiger partial charge in [0.15, 0.2) is 11.5 Å². The molecule has 0 aliphatic carbocycles. The summed E-state index contributed by atoms with van der Waals surface area (Å²) < 4.78 is 17.5. The second-order valence-corrected chi connectivity index (χ2v) is 9.37. The predicted octanol–water partition coefficient (Wildman–Crippen LogP) is 6.29. The number of fused-ring (bicyclic) bond motifs is 2. The molecule has 0 fully saturated rings. The van der Waals surface area contributed by atoms with Crippen molar-refractivity contribution in [3.8, 4) is 17.2 Å². The number of hydrogen-bond donors (Lipinski definition) is 0. The largest absolute Gasteiger partial charge is 0.493 e. The van der Waals surface area contributed by atoms with Crippen LogP contribution in [0.5, 0.6) is 17.2 Å². The molecule has 4 aromatic carbocycles. The van der Waals surface area contributed by atoms with Crippen molar-refractivity contribution in [2.24, 2.45) is 0 Å². The maximum atomic E-state index is 13.9. The van der Waals surface area contributed by atoms with E-state index in [0.717, 1.165) is 45.2 Å². The third-order valence-corrected chi connectivity index (χ3v) is 6.86. The number of hydrogen-bond acceptors (Lipinski definition) is 4. The third-order valence-electron chi connectivity index (χ3n) is 6.86. The van der Waals surface area contributed by atoms with E-state index < -0.39 is 0 Å². The molecule has 0 unspecified atom stereocenters. The summed E-state index contributed by atoms with van der Waals surface area (Å²) in [5, 5.41) is 2.17. The second-order valence-electron chi connectivity index (χ2n) is 9.37. The zero-order valence-electron chi connectivity index (χ0n) is 21.2. The number of methoxy groups -OCH3 is 2. The van der Waals surface area contributed by atoms with Crippen LogP contribution in [0.25, 0.3) is 10.8 Å².